The predicted molar refractivity (Wildman–Crippen MR) is 134 cm³/mol. The zero-order chi connectivity index (χ0) is 22.8. The molecule has 0 radical (unpaired) electrons. The molecule has 0 spiro atoms. The number of benzene rings is 2. The number of Topliss-reactive ketones (excluding diaryl/α,β-unsaturated/α-hetero) is 1. The van der Waals surface area contributed by atoms with Crippen LogP contribution in [-0.2, 0) is 18.4 Å². The van der Waals surface area contributed by atoms with Crippen LogP contribution in [0.4, 0.5) is 5.82 Å². The van der Waals surface area contributed by atoms with Crippen molar-refractivity contribution in [2.75, 3.05) is 5.32 Å². The molecule has 1 atom stereocenters. The highest BCUT2D eigenvalue weighted by molar-refractivity contribution is 6.01. The zero-order valence-electron chi connectivity index (χ0n) is 19.9. The molecule has 1 aromatic heterocycles. The van der Waals surface area contributed by atoms with Crippen LogP contribution in [0.15, 0.2) is 60.8 Å². The molecule has 1 aliphatic carbocycles. The Labute approximate surface area is 197 Å². The fourth-order valence-electron chi connectivity index (χ4n) is 5.71. The van der Waals surface area contributed by atoms with Gasteiger partial charge in [0.05, 0.1) is 17.3 Å². The molecule has 33 heavy (non-hydrogen) atoms. The Hall–Kier alpha value is -2.88. The third kappa shape index (κ3) is 4.75. The Morgan fingerprint density at radius 1 is 0.970 bits per heavy atom. The summed E-state index contributed by atoms with van der Waals surface area (Å²) < 4.78 is 2.04. The van der Waals surface area contributed by atoms with Crippen molar-refractivity contribution in [3.8, 4) is 0 Å². The zero-order valence-corrected chi connectivity index (χ0v) is 19.9. The van der Waals surface area contributed by atoms with Gasteiger partial charge in [-0.15, -0.1) is 0 Å². The Kier molecular flexibility index (Phi) is 6.09. The summed E-state index contributed by atoms with van der Waals surface area (Å²) in [6.07, 6.45) is 10.7. The van der Waals surface area contributed by atoms with Gasteiger partial charge in [0.25, 0.3) is 0 Å². The summed E-state index contributed by atoms with van der Waals surface area (Å²) in [6, 6.07) is 19.4. The largest absolute Gasteiger partial charge is 0.367 e. The van der Waals surface area contributed by atoms with Crippen LogP contribution in [0.5, 0.6) is 0 Å². The van der Waals surface area contributed by atoms with E-state index in [1.54, 1.807) is 6.20 Å². The number of carbonyl (C=O) groups excluding carboxylic acids is 1. The van der Waals surface area contributed by atoms with E-state index >= 15 is 0 Å². The number of nitrogens with one attached hydrogen (secondary N) is 1. The van der Waals surface area contributed by atoms with E-state index in [-0.39, 0.29) is 11.3 Å². The van der Waals surface area contributed by atoms with E-state index in [1.807, 2.05) is 10.7 Å². The smallest absolute Gasteiger partial charge is 0.172 e. The average molecular weight is 442 g/mol. The van der Waals surface area contributed by atoms with Gasteiger partial charge in [-0.3, -0.25) is 4.79 Å². The Morgan fingerprint density at radius 3 is 2.36 bits per heavy atom. The molecule has 1 saturated carbocycles. The minimum atomic E-state index is -0.0830. The average Bonchev–Trinajstić information content (AvgIpc) is 3.27. The van der Waals surface area contributed by atoms with Crippen molar-refractivity contribution in [2.24, 2.45) is 5.92 Å². The highest BCUT2D eigenvalue weighted by Crippen LogP contribution is 2.40. The van der Waals surface area contributed by atoms with Crippen molar-refractivity contribution < 1.29 is 4.79 Å². The van der Waals surface area contributed by atoms with Gasteiger partial charge in [0, 0.05) is 12.5 Å². The molecule has 5 rings (SSSR count). The lowest BCUT2D eigenvalue weighted by atomic mass is 9.78. The maximum Gasteiger partial charge on any atom is 0.172 e. The molecule has 3 aromatic rings. The minimum Gasteiger partial charge on any atom is -0.367 e. The summed E-state index contributed by atoms with van der Waals surface area (Å²) >= 11 is 0. The second-order valence-electron chi connectivity index (χ2n) is 10.6. The fourth-order valence-corrected chi connectivity index (χ4v) is 5.71. The molecule has 0 saturated heterocycles. The predicted octanol–water partition coefficient (Wildman–Crippen LogP) is 6.40. The number of ketones is 1. The number of hydrogen-bond donors (Lipinski definition) is 1. The first kappa shape index (κ1) is 21.9. The van der Waals surface area contributed by atoms with E-state index in [1.165, 1.54) is 43.2 Å². The fraction of sp³-hybridized carbons (Fsp3) is 0.448. The third-order valence-corrected chi connectivity index (χ3v) is 7.54. The first-order valence-corrected chi connectivity index (χ1v) is 12.5. The molecular formula is C29H35N3O. The number of fused-ring (bicyclic) bond motifs is 1. The van der Waals surface area contributed by atoms with Gasteiger partial charge in [0.15, 0.2) is 5.78 Å². The van der Waals surface area contributed by atoms with Gasteiger partial charge in [-0.25, -0.2) is 4.68 Å². The van der Waals surface area contributed by atoms with Gasteiger partial charge >= 0.3 is 0 Å². The topological polar surface area (TPSA) is 46.9 Å². The third-order valence-electron chi connectivity index (χ3n) is 7.54. The maximum atomic E-state index is 13.3. The second-order valence-corrected chi connectivity index (χ2v) is 10.6. The van der Waals surface area contributed by atoms with Crippen molar-refractivity contribution >= 4 is 11.6 Å². The first-order chi connectivity index (χ1) is 16.0. The van der Waals surface area contributed by atoms with Crippen molar-refractivity contribution in [1.82, 2.24) is 9.78 Å². The highest BCUT2D eigenvalue weighted by atomic mass is 16.1. The SMILES string of the molecule is CC1(C)CC(C2CCCCC2)Nc2c(C(=O)Cc3ccc(Cc4ccccc4)cc3)cnn21. The lowest BCUT2D eigenvalue weighted by Crippen LogP contribution is -2.45. The number of hydrogen-bond acceptors (Lipinski definition) is 3. The van der Waals surface area contributed by atoms with Crippen molar-refractivity contribution in [1.29, 1.82) is 0 Å². The van der Waals surface area contributed by atoms with E-state index in [2.05, 4.69) is 72.8 Å². The Morgan fingerprint density at radius 2 is 1.64 bits per heavy atom. The molecule has 2 heterocycles. The molecule has 0 amide bonds. The van der Waals surface area contributed by atoms with E-state index < -0.39 is 0 Å². The van der Waals surface area contributed by atoms with E-state index in [0.29, 0.717) is 18.4 Å². The summed E-state index contributed by atoms with van der Waals surface area (Å²) in [5.41, 5.74) is 4.26. The number of nitrogens with zero attached hydrogens (tertiary/aromatic N) is 2. The van der Waals surface area contributed by atoms with Crippen LogP contribution >= 0.6 is 0 Å². The molecule has 0 bridgehead atoms. The monoisotopic (exact) mass is 441 g/mol. The first-order valence-electron chi connectivity index (χ1n) is 12.5. The second kappa shape index (κ2) is 9.17. The molecular weight excluding hydrogens is 406 g/mol. The summed E-state index contributed by atoms with van der Waals surface area (Å²) in [5.74, 6) is 1.76. The molecule has 4 nitrogen and oxygen atoms in total. The molecule has 1 unspecified atom stereocenters. The lowest BCUT2D eigenvalue weighted by Gasteiger charge is -2.42. The quantitative estimate of drug-likeness (QED) is 0.450. The summed E-state index contributed by atoms with van der Waals surface area (Å²) in [4.78, 5) is 13.3. The van der Waals surface area contributed by atoms with Gasteiger partial charge in [-0.1, -0.05) is 73.9 Å². The van der Waals surface area contributed by atoms with Crippen LogP contribution < -0.4 is 5.32 Å². The van der Waals surface area contributed by atoms with Crippen LogP contribution in [0.3, 0.4) is 0 Å². The number of rotatable bonds is 6. The van der Waals surface area contributed by atoms with Gasteiger partial charge in [-0.2, -0.15) is 5.10 Å². The summed E-state index contributed by atoms with van der Waals surface area (Å²) in [7, 11) is 0. The molecule has 172 valence electrons. The van der Waals surface area contributed by atoms with Gasteiger partial charge in [0.2, 0.25) is 0 Å². The van der Waals surface area contributed by atoms with Crippen LogP contribution in [0.2, 0.25) is 0 Å². The van der Waals surface area contributed by atoms with Crippen molar-refractivity contribution in [3.63, 3.8) is 0 Å². The van der Waals surface area contributed by atoms with E-state index in [4.69, 9.17) is 0 Å². The number of anilines is 1. The van der Waals surface area contributed by atoms with Gasteiger partial charge < -0.3 is 5.32 Å². The summed E-state index contributed by atoms with van der Waals surface area (Å²) in [6.45, 7) is 4.50. The number of carbonyl (C=O) groups is 1. The molecule has 2 aromatic carbocycles. The number of aromatic nitrogens is 2. The van der Waals surface area contributed by atoms with Gasteiger partial charge in [0.1, 0.15) is 5.82 Å². The minimum absolute atomic E-state index is 0.0830. The molecule has 1 fully saturated rings. The Balaban J connectivity index is 1.30. The summed E-state index contributed by atoms with van der Waals surface area (Å²) in [5, 5.41) is 8.40. The van der Waals surface area contributed by atoms with Crippen molar-refractivity contribution in [2.45, 2.75) is 76.8 Å². The molecule has 1 aliphatic heterocycles. The Bertz CT molecular complexity index is 1090. The van der Waals surface area contributed by atoms with E-state index in [9.17, 15) is 4.79 Å². The van der Waals surface area contributed by atoms with Crippen molar-refractivity contribution in [3.05, 3.63) is 83.0 Å². The lowest BCUT2D eigenvalue weighted by molar-refractivity contribution is 0.0993. The maximum absolute atomic E-state index is 13.3. The normalized spacial score (nSPS) is 20.1. The van der Waals surface area contributed by atoms with Crippen LogP contribution in [0.25, 0.3) is 0 Å². The van der Waals surface area contributed by atoms with Gasteiger partial charge in [-0.05, 0) is 62.1 Å². The van der Waals surface area contributed by atoms with Crippen LogP contribution in [-0.4, -0.2) is 21.6 Å². The highest BCUT2D eigenvalue weighted by Gasteiger charge is 2.39. The molecule has 4 heteroatoms. The van der Waals surface area contributed by atoms with E-state index in [0.717, 1.165) is 29.8 Å². The molecule has 1 N–H and O–H groups in total. The van der Waals surface area contributed by atoms with Crippen LogP contribution in [0.1, 0.15) is 79.4 Å². The standard InChI is InChI=1S/C29H35N3O/c1-29(2)19-26(24-11-7-4-8-12-24)31-28-25(20-30-32(28)29)27(33)18-23-15-13-22(14-16-23)17-21-9-5-3-6-10-21/h3,5-6,9-10,13-16,20,24,26,31H,4,7-8,11-12,17-19H2,1-2H3. The van der Waals surface area contributed by atoms with Crippen LogP contribution in [0, 0.1) is 5.92 Å². The molecule has 2 aliphatic rings.